The number of aromatic nitrogens is 2. The van der Waals surface area contributed by atoms with Crippen LogP contribution in [0.3, 0.4) is 0 Å². The van der Waals surface area contributed by atoms with Crippen molar-refractivity contribution < 1.29 is 4.74 Å². The minimum Gasteiger partial charge on any atom is -0.495 e. The lowest BCUT2D eigenvalue weighted by Gasteiger charge is -2.11. The van der Waals surface area contributed by atoms with Gasteiger partial charge in [0.1, 0.15) is 17.4 Å². The number of para-hydroxylation sites is 2. The summed E-state index contributed by atoms with van der Waals surface area (Å²) in [6.45, 7) is 0. The van der Waals surface area contributed by atoms with Gasteiger partial charge in [0.25, 0.3) is 0 Å². The maximum atomic E-state index is 5.57. The van der Waals surface area contributed by atoms with E-state index in [-0.39, 0.29) is 5.95 Å². The number of nitrogens with two attached hydrogens (primary N) is 2. The normalized spacial score (nSPS) is 9.89. The van der Waals surface area contributed by atoms with Crippen LogP contribution in [0.25, 0.3) is 0 Å². The molecule has 0 aliphatic rings. The summed E-state index contributed by atoms with van der Waals surface area (Å²) in [5, 5.41) is 3.09. The number of ether oxygens (including phenoxy) is 1. The van der Waals surface area contributed by atoms with Crippen molar-refractivity contribution >= 4 is 23.3 Å². The van der Waals surface area contributed by atoms with Gasteiger partial charge in [0.15, 0.2) is 0 Å². The molecule has 6 N–H and O–H groups in total. The maximum Gasteiger partial charge on any atom is 0.223 e. The summed E-state index contributed by atoms with van der Waals surface area (Å²) >= 11 is 0. The molecule has 7 nitrogen and oxygen atoms in total. The molecule has 0 atom stereocenters. The van der Waals surface area contributed by atoms with E-state index in [0.29, 0.717) is 17.4 Å². The molecule has 0 fully saturated rings. The zero-order valence-corrected chi connectivity index (χ0v) is 9.84. The molecule has 2 aromatic rings. The lowest BCUT2D eigenvalue weighted by Crippen LogP contribution is -2.11. The molecule has 0 aliphatic carbocycles. The summed E-state index contributed by atoms with van der Waals surface area (Å²) in [5.41, 5.74) is 8.77. The Balaban J connectivity index is 2.30. The summed E-state index contributed by atoms with van der Waals surface area (Å²) in [6.07, 6.45) is 0. The van der Waals surface area contributed by atoms with E-state index < -0.39 is 0 Å². The molecular weight excluding hydrogens is 232 g/mol. The number of nitrogens with zero attached hydrogens (tertiary/aromatic N) is 2. The van der Waals surface area contributed by atoms with Crippen molar-refractivity contribution in [2.24, 2.45) is 5.84 Å². The lowest BCUT2D eigenvalue weighted by atomic mass is 10.3. The fraction of sp³-hybridized carbons (Fsp3) is 0.0909. The molecular formula is C11H14N6O. The van der Waals surface area contributed by atoms with Crippen LogP contribution in [0, 0.1) is 0 Å². The SMILES string of the molecule is COc1ccccc1Nc1cc(NN)nc(N)n1. The summed E-state index contributed by atoms with van der Waals surface area (Å²) < 4.78 is 5.23. The fourth-order valence-corrected chi connectivity index (χ4v) is 1.49. The summed E-state index contributed by atoms with van der Waals surface area (Å²) in [5.74, 6) is 7.08. The van der Waals surface area contributed by atoms with Gasteiger partial charge >= 0.3 is 0 Å². The van der Waals surface area contributed by atoms with Crippen LogP contribution in [0.1, 0.15) is 0 Å². The molecule has 1 heterocycles. The Labute approximate surface area is 104 Å². The first-order chi connectivity index (χ1) is 8.72. The van der Waals surface area contributed by atoms with Gasteiger partial charge < -0.3 is 21.2 Å². The molecule has 0 amide bonds. The van der Waals surface area contributed by atoms with Gasteiger partial charge in [-0.2, -0.15) is 9.97 Å². The smallest absolute Gasteiger partial charge is 0.223 e. The Morgan fingerprint density at radius 2 is 1.89 bits per heavy atom. The third-order valence-corrected chi connectivity index (χ3v) is 2.26. The third-order valence-electron chi connectivity index (χ3n) is 2.26. The van der Waals surface area contributed by atoms with Crippen molar-refractivity contribution in [1.29, 1.82) is 0 Å². The number of benzene rings is 1. The molecule has 18 heavy (non-hydrogen) atoms. The van der Waals surface area contributed by atoms with Crippen molar-refractivity contribution in [2.75, 3.05) is 23.6 Å². The van der Waals surface area contributed by atoms with E-state index in [2.05, 4.69) is 20.7 Å². The lowest BCUT2D eigenvalue weighted by molar-refractivity contribution is 0.417. The van der Waals surface area contributed by atoms with Crippen LogP contribution < -0.4 is 27.1 Å². The van der Waals surface area contributed by atoms with Crippen molar-refractivity contribution in [2.45, 2.75) is 0 Å². The number of rotatable bonds is 4. The Bertz CT molecular complexity index is 545. The van der Waals surface area contributed by atoms with Crippen molar-refractivity contribution in [3.05, 3.63) is 30.3 Å². The minimum atomic E-state index is 0.128. The first-order valence-electron chi connectivity index (χ1n) is 5.24. The highest BCUT2D eigenvalue weighted by Crippen LogP contribution is 2.26. The Kier molecular flexibility index (Phi) is 3.44. The average Bonchev–Trinajstić information content (AvgIpc) is 2.38. The number of hydrazine groups is 1. The largest absolute Gasteiger partial charge is 0.495 e. The van der Waals surface area contributed by atoms with Crippen LogP contribution >= 0.6 is 0 Å². The maximum absolute atomic E-state index is 5.57. The van der Waals surface area contributed by atoms with Gasteiger partial charge in [-0.05, 0) is 12.1 Å². The highest BCUT2D eigenvalue weighted by atomic mass is 16.5. The van der Waals surface area contributed by atoms with Gasteiger partial charge in [0, 0.05) is 6.07 Å². The topological polar surface area (TPSA) is 111 Å². The van der Waals surface area contributed by atoms with E-state index in [1.165, 1.54) is 0 Å². The second-order valence-corrected chi connectivity index (χ2v) is 3.47. The zero-order chi connectivity index (χ0) is 13.0. The first kappa shape index (κ1) is 11.9. The molecule has 0 unspecified atom stereocenters. The quantitative estimate of drug-likeness (QED) is 0.472. The van der Waals surface area contributed by atoms with E-state index >= 15 is 0 Å². The summed E-state index contributed by atoms with van der Waals surface area (Å²) in [6, 6.07) is 9.12. The molecule has 0 radical (unpaired) electrons. The molecule has 0 spiro atoms. The molecule has 0 bridgehead atoms. The summed E-state index contributed by atoms with van der Waals surface area (Å²) in [4.78, 5) is 7.95. The van der Waals surface area contributed by atoms with Crippen molar-refractivity contribution in [1.82, 2.24) is 9.97 Å². The number of hydrogen-bond acceptors (Lipinski definition) is 7. The summed E-state index contributed by atoms with van der Waals surface area (Å²) in [7, 11) is 1.60. The molecule has 0 saturated carbocycles. The minimum absolute atomic E-state index is 0.128. The van der Waals surface area contributed by atoms with Gasteiger partial charge in [0.05, 0.1) is 12.8 Å². The van der Waals surface area contributed by atoms with Gasteiger partial charge in [-0.3, -0.25) is 0 Å². The highest BCUT2D eigenvalue weighted by molar-refractivity contribution is 5.66. The highest BCUT2D eigenvalue weighted by Gasteiger charge is 2.05. The molecule has 2 rings (SSSR count). The number of hydrogen-bond donors (Lipinski definition) is 4. The Morgan fingerprint density at radius 3 is 2.61 bits per heavy atom. The number of nitrogens with one attached hydrogen (secondary N) is 2. The third kappa shape index (κ3) is 2.58. The molecule has 7 heteroatoms. The predicted octanol–water partition coefficient (Wildman–Crippen LogP) is 1.10. The van der Waals surface area contributed by atoms with Gasteiger partial charge in [-0.25, -0.2) is 5.84 Å². The molecule has 94 valence electrons. The fourth-order valence-electron chi connectivity index (χ4n) is 1.49. The second kappa shape index (κ2) is 5.19. The van der Waals surface area contributed by atoms with E-state index in [1.807, 2.05) is 24.3 Å². The van der Waals surface area contributed by atoms with Crippen LogP contribution in [-0.2, 0) is 0 Å². The van der Waals surface area contributed by atoms with Crippen LogP contribution in [0.15, 0.2) is 30.3 Å². The van der Waals surface area contributed by atoms with E-state index in [0.717, 1.165) is 5.69 Å². The van der Waals surface area contributed by atoms with Gasteiger partial charge in [-0.1, -0.05) is 12.1 Å². The molecule has 0 aliphatic heterocycles. The van der Waals surface area contributed by atoms with E-state index in [4.69, 9.17) is 16.3 Å². The van der Waals surface area contributed by atoms with Crippen LogP contribution in [0.5, 0.6) is 5.75 Å². The van der Waals surface area contributed by atoms with E-state index in [1.54, 1.807) is 13.2 Å². The zero-order valence-electron chi connectivity index (χ0n) is 9.84. The monoisotopic (exact) mass is 246 g/mol. The van der Waals surface area contributed by atoms with Crippen LogP contribution in [0.4, 0.5) is 23.3 Å². The van der Waals surface area contributed by atoms with Crippen molar-refractivity contribution in [3.8, 4) is 5.75 Å². The second-order valence-electron chi connectivity index (χ2n) is 3.47. The Hall–Kier alpha value is -2.54. The number of methoxy groups -OCH3 is 1. The molecule has 1 aromatic heterocycles. The van der Waals surface area contributed by atoms with Crippen molar-refractivity contribution in [3.63, 3.8) is 0 Å². The standard InChI is InChI=1S/C11H14N6O/c1-18-8-5-3-2-4-7(8)14-9-6-10(17-13)16-11(12)15-9/h2-6H,13H2,1H3,(H4,12,14,15,16,17). The first-order valence-corrected chi connectivity index (χ1v) is 5.24. The van der Waals surface area contributed by atoms with Gasteiger partial charge in [-0.15, -0.1) is 0 Å². The Morgan fingerprint density at radius 1 is 1.17 bits per heavy atom. The van der Waals surface area contributed by atoms with Crippen LogP contribution in [-0.4, -0.2) is 17.1 Å². The van der Waals surface area contributed by atoms with E-state index in [9.17, 15) is 0 Å². The molecule has 1 aromatic carbocycles. The van der Waals surface area contributed by atoms with Crippen LogP contribution in [0.2, 0.25) is 0 Å². The predicted molar refractivity (Wildman–Crippen MR) is 70.5 cm³/mol. The number of nitrogen functional groups attached to an aromatic ring is 2. The average molecular weight is 246 g/mol. The molecule has 0 saturated heterocycles. The number of anilines is 4. The van der Waals surface area contributed by atoms with Gasteiger partial charge in [0.2, 0.25) is 5.95 Å².